The molecule has 132 valence electrons. The Morgan fingerprint density at radius 1 is 0.880 bits per heavy atom. The SMILES string of the molecule is CC(=O)Nc1ccc(NC(=O)[C@H](C)NS(=O)(=O)c2ccccc2)cc1. The summed E-state index contributed by atoms with van der Waals surface area (Å²) in [6, 6.07) is 13.4. The van der Waals surface area contributed by atoms with Crippen molar-refractivity contribution in [2.24, 2.45) is 0 Å². The Kier molecular flexibility index (Phi) is 5.89. The van der Waals surface area contributed by atoms with Crippen LogP contribution in [0.2, 0.25) is 0 Å². The first-order valence-electron chi connectivity index (χ1n) is 7.54. The molecule has 0 radical (unpaired) electrons. The topological polar surface area (TPSA) is 104 Å². The van der Waals surface area contributed by atoms with Gasteiger partial charge in [0, 0.05) is 18.3 Å². The first kappa shape index (κ1) is 18.6. The summed E-state index contributed by atoms with van der Waals surface area (Å²) in [6.45, 7) is 2.86. The van der Waals surface area contributed by atoms with E-state index in [-0.39, 0.29) is 10.8 Å². The van der Waals surface area contributed by atoms with E-state index in [2.05, 4.69) is 15.4 Å². The fourth-order valence-corrected chi connectivity index (χ4v) is 3.27. The van der Waals surface area contributed by atoms with Crippen LogP contribution in [0.4, 0.5) is 11.4 Å². The van der Waals surface area contributed by atoms with Crippen molar-refractivity contribution in [3.8, 4) is 0 Å². The van der Waals surface area contributed by atoms with Gasteiger partial charge in [0.25, 0.3) is 0 Å². The van der Waals surface area contributed by atoms with Crippen LogP contribution in [0.3, 0.4) is 0 Å². The van der Waals surface area contributed by atoms with E-state index < -0.39 is 22.0 Å². The number of nitrogens with one attached hydrogen (secondary N) is 3. The van der Waals surface area contributed by atoms with Crippen LogP contribution in [0.15, 0.2) is 59.5 Å². The molecule has 0 saturated carbocycles. The Hall–Kier alpha value is -2.71. The molecule has 2 rings (SSSR count). The lowest BCUT2D eigenvalue weighted by atomic mass is 10.2. The Balaban J connectivity index is 1.99. The summed E-state index contributed by atoms with van der Waals surface area (Å²) in [5.41, 5.74) is 1.09. The molecule has 0 heterocycles. The third kappa shape index (κ3) is 5.40. The van der Waals surface area contributed by atoms with E-state index in [0.717, 1.165) is 0 Å². The minimum atomic E-state index is -3.78. The van der Waals surface area contributed by atoms with E-state index >= 15 is 0 Å². The molecule has 1 atom stereocenters. The Morgan fingerprint density at radius 3 is 1.92 bits per heavy atom. The van der Waals surface area contributed by atoms with Crippen molar-refractivity contribution in [2.75, 3.05) is 10.6 Å². The molecule has 0 unspecified atom stereocenters. The molecule has 8 heteroatoms. The Morgan fingerprint density at radius 2 is 1.40 bits per heavy atom. The molecule has 2 aromatic carbocycles. The summed E-state index contributed by atoms with van der Waals surface area (Å²) < 4.78 is 26.8. The third-order valence-corrected chi connectivity index (χ3v) is 4.81. The van der Waals surface area contributed by atoms with Crippen molar-refractivity contribution in [2.45, 2.75) is 24.8 Å². The molecule has 0 aliphatic carbocycles. The number of rotatable bonds is 6. The van der Waals surface area contributed by atoms with Crippen molar-refractivity contribution in [1.29, 1.82) is 0 Å². The van der Waals surface area contributed by atoms with Gasteiger partial charge in [0.05, 0.1) is 10.9 Å². The predicted molar refractivity (Wildman–Crippen MR) is 95.6 cm³/mol. The standard InChI is InChI=1S/C17H19N3O4S/c1-12(20-25(23,24)16-6-4-3-5-7-16)17(22)19-15-10-8-14(9-11-15)18-13(2)21/h3-12,20H,1-2H3,(H,18,21)(H,19,22)/t12-/m0/s1. The maximum Gasteiger partial charge on any atom is 0.242 e. The van der Waals surface area contributed by atoms with Crippen LogP contribution in [0.1, 0.15) is 13.8 Å². The largest absolute Gasteiger partial charge is 0.326 e. The number of carbonyl (C=O) groups excluding carboxylic acids is 2. The van der Waals surface area contributed by atoms with Gasteiger partial charge < -0.3 is 10.6 Å². The van der Waals surface area contributed by atoms with Crippen molar-refractivity contribution >= 4 is 33.2 Å². The van der Waals surface area contributed by atoms with Crippen LogP contribution in [-0.2, 0) is 19.6 Å². The molecule has 7 nitrogen and oxygen atoms in total. The van der Waals surface area contributed by atoms with Gasteiger partial charge in [0.1, 0.15) is 0 Å². The number of sulfonamides is 1. The monoisotopic (exact) mass is 361 g/mol. The summed E-state index contributed by atoms with van der Waals surface area (Å²) in [5.74, 6) is -0.687. The van der Waals surface area contributed by atoms with Gasteiger partial charge in [-0.15, -0.1) is 0 Å². The summed E-state index contributed by atoms with van der Waals surface area (Å²) in [5, 5.41) is 5.23. The molecule has 2 aromatic rings. The second-order valence-electron chi connectivity index (χ2n) is 5.40. The molecule has 25 heavy (non-hydrogen) atoms. The van der Waals surface area contributed by atoms with E-state index in [4.69, 9.17) is 0 Å². The highest BCUT2D eigenvalue weighted by atomic mass is 32.2. The lowest BCUT2D eigenvalue weighted by molar-refractivity contribution is -0.117. The molecule has 3 N–H and O–H groups in total. The van der Waals surface area contributed by atoms with Crippen molar-refractivity contribution in [3.05, 3.63) is 54.6 Å². The molecule has 0 aliphatic heterocycles. The highest BCUT2D eigenvalue weighted by Crippen LogP contribution is 2.14. The fourth-order valence-electron chi connectivity index (χ4n) is 2.04. The zero-order valence-electron chi connectivity index (χ0n) is 13.8. The van der Waals surface area contributed by atoms with Crippen molar-refractivity contribution in [3.63, 3.8) is 0 Å². The second kappa shape index (κ2) is 7.91. The molecule has 0 spiro atoms. The number of amides is 2. The van der Waals surface area contributed by atoms with Gasteiger partial charge >= 0.3 is 0 Å². The van der Waals surface area contributed by atoms with Crippen LogP contribution in [-0.4, -0.2) is 26.3 Å². The number of carbonyl (C=O) groups is 2. The highest BCUT2D eigenvalue weighted by molar-refractivity contribution is 7.89. The molecular weight excluding hydrogens is 342 g/mol. The summed E-state index contributed by atoms with van der Waals surface area (Å²) in [7, 11) is -3.78. The second-order valence-corrected chi connectivity index (χ2v) is 7.12. The zero-order chi connectivity index (χ0) is 18.4. The van der Waals surface area contributed by atoms with Gasteiger partial charge in [-0.05, 0) is 43.3 Å². The average Bonchev–Trinajstić information content (AvgIpc) is 2.56. The molecule has 0 saturated heterocycles. The maximum absolute atomic E-state index is 12.2. The first-order valence-corrected chi connectivity index (χ1v) is 9.02. The lowest BCUT2D eigenvalue weighted by Gasteiger charge is -2.14. The van der Waals surface area contributed by atoms with Gasteiger partial charge in [0.15, 0.2) is 0 Å². The van der Waals surface area contributed by atoms with Crippen LogP contribution in [0, 0.1) is 0 Å². The molecule has 2 amide bonds. The number of benzene rings is 2. The number of hydrogen-bond donors (Lipinski definition) is 3. The predicted octanol–water partition coefficient (Wildman–Crippen LogP) is 1.95. The molecular formula is C17H19N3O4S. The minimum Gasteiger partial charge on any atom is -0.326 e. The molecule has 0 aromatic heterocycles. The normalized spacial score (nSPS) is 12.2. The van der Waals surface area contributed by atoms with Gasteiger partial charge in [0.2, 0.25) is 21.8 Å². The quantitative estimate of drug-likeness (QED) is 0.731. The summed E-state index contributed by atoms with van der Waals surface area (Å²) >= 11 is 0. The van der Waals surface area contributed by atoms with Crippen molar-refractivity contribution in [1.82, 2.24) is 4.72 Å². The van der Waals surface area contributed by atoms with E-state index in [1.165, 1.54) is 26.0 Å². The first-order chi connectivity index (χ1) is 11.8. The van der Waals surface area contributed by atoms with Crippen LogP contribution in [0.5, 0.6) is 0 Å². The fraction of sp³-hybridized carbons (Fsp3) is 0.176. The van der Waals surface area contributed by atoms with E-state index in [0.29, 0.717) is 11.4 Å². The minimum absolute atomic E-state index is 0.0920. The van der Waals surface area contributed by atoms with Crippen molar-refractivity contribution < 1.29 is 18.0 Å². The van der Waals surface area contributed by atoms with Crippen LogP contribution in [0.25, 0.3) is 0 Å². The average molecular weight is 361 g/mol. The summed E-state index contributed by atoms with van der Waals surface area (Å²) in [6.07, 6.45) is 0. The van der Waals surface area contributed by atoms with E-state index in [9.17, 15) is 18.0 Å². The maximum atomic E-state index is 12.2. The smallest absolute Gasteiger partial charge is 0.242 e. The molecule has 0 bridgehead atoms. The van der Waals surface area contributed by atoms with Gasteiger partial charge in [-0.25, -0.2) is 8.42 Å². The molecule has 0 aliphatic rings. The van der Waals surface area contributed by atoms with Crippen LogP contribution >= 0.6 is 0 Å². The Bertz CT molecular complexity index is 849. The highest BCUT2D eigenvalue weighted by Gasteiger charge is 2.21. The van der Waals surface area contributed by atoms with Gasteiger partial charge in [-0.1, -0.05) is 18.2 Å². The van der Waals surface area contributed by atoms with Gasteiger partial charge in [-0.2, -0.15) is 4.72 Å². The van der Waals surface area contributed by atoms with E-state index in [1.807, 2.05) is 0 Å². The zero-order valence-corrected chi connectivity index (χ0v) is 14.6. The third-order valence-electron chi connectivity index (χ3n) is 3.25. The molecule has 0 fully saturated rings. The Labute approximate surface area is 146 Å². The van der Waals surface area contributed by atoms with Gasteiger partial charge in [-0.3, -0.25) is 9.59 Å². The number of hydrogen-bond acceptors (Lipinski definition) is 4. The van der Waals surface area contributed by atoms with Crippen LogP contribution < -0.4 is 15.4 Å². The lowest BCUT2D eigenvalue weighted by Crippen LogP contribution is -2.41. The summed E-state index contributed by atoms with van der Waals surface area (Å²) in [4.78, 5) is 23.2. The number of anilines is 2. The van der Waals surface area contributed by atoms with E-state index in [1.54, 1.807) is 42.5 Å².